The Morgan fingerprint density at radius 2 is 2.00 bits per heavy atom. The predicted molar refractivity (Wildman–Crippen MR) is 78.4 cm³/mol. The fraction of sp³-hybridized carbons (Fsp3) is 0.400. The second-order valence-electron chi connectivity index (χ2n) is 4.65. The van der Waals surface area contributed by atoms with Crippen LogP contribution in [0.2, 0.25) is 0 Å². The normalized spacial score (nSPS) is 10.4. The van der Waals surface area contributed by atoms with Crippen LogP contribution in [0.25, 0.3) is 11.4 Å². The number of rotatable bonds is 7. The van der Waals surface area contributed by atoms with E-state index in [0.29, 0.717) is 12.2 Å². The summed E-state index contributed by atoms with van der Waals surface area (Å²) < 4.78 is 12.1. The number of methoxy groups -OCH3 is 1. The summed E-state index contributed by atoms with van der Waals surface area (Å²) in [5.74, 6) is 1.51. The first-order valence-electron chi connectivity index (χ1n) is 6.84. The molecule has 0 bridgehead atoms. The number of hydrogen-bond acceptors (Lipinski definition) is 5. The van der Waals surface area contributed by atoms with Crippen molar-refractivity contribution in [2.75, 3.05) is 13.7 Å². The van der Waals surface area contributed by atoms with E-state index < -0.39 is 0 Å². The van der Waals surface area contributed by atoms with Crippen LogP contribution in [-0.4, -0.2) is 34.3 Å². The maximum absolute atomic E-state index is 11.4. The molecule has 0 saturated heterocycles. The Bertz CT molecular complexity index is 605. The molecule has 0 N–H and O–H groups in total. The molecular formula is C15H19N3O3. The number of aryl methyl sites for hydroxylation is 1. The molecular weight excluding hydrogens is 270 g/mol. The fourth-order valence-corrected chi connectivity index (χ4v) is 1.91. The van der Waals surface area contributed by atoms with Gasteiger partial charge in [0.2, 0.25) is 0 Å². The molecule has 0 spiro atoms. The van der Waals surface area contributed by atoms with Crippen LogP contribution in [0.3, 0.4) is 0 Å². The molecule has 1 aromatic carbocycles. The van der Waals surface area contributed by atoms with Crippen LogP contribution in [0.15, 0.2) is 24.3 Å². The van der Waals surface area contributed by atoms with Gasteiger partial charge in [0, 0.05) is 19.0 Å². The van der Waals surface area contributed by atoms with Crippen LogP contribution in [-0.2, 0) is 11.8 Å². The highest BCUT2D eigenvalue weighted by Crippen LogP contribution is 2.21. The van der Waals surface area contributed by atoms with Crippen LogP contribution < -0.4 is 9.47 Å². The quantitative estimate of drug-likeness (QED) is 0.782. The van der Waals surface area contributed by atoms with Crippen LogP contribution in [0.4, 0.5) is 0 Å². The molecule has 0 aliphatic carbocycles. The zero-order valence-corrected chi connectivity index (χ0v) is 12.5. The van der Waals surface area contributed by atoms with E-state index >= 15 is 0 Å². The summed E-state index contributed by atoms with van der Waals surface area (Å²) in [5.41, 5.74) is 0.903. The van der Waals surface area contributed by atoms with Gasteiger partial charge in [-0.1, -0.05) is 6.92 Å². The molecule has 0 saturated carbocycles. The number of nitrogens with zero attached hydrogens (tertiary/aromatic N) is 3. The van der Waals surface area contributed by atoms with Crippen molar-refractivity contribution in [3.63, 3.8) is 0 Å². The van der Waals surface area contributed by atoms with Crippen molar-refractivity contribution in [2.45, 2.75) is 19.8 Å². The molecule has 2 rings (SSSR count). The summed E-state index contributed by atoms with van der Waals surface area (Å²) >= 11 is 0. The molecule has 0 fully saturated rings. The molecule has 21 heavy (non-hydrogen) atoms. The molecule has 0 amide bonds. The van der Waals surface area contributed by atoms with Gasteiger partial charge in [-0.3, -0.25) is 4.79 Å². The van der Waals surface area contributed by atoms with E-state index in [0.717, 1.165) is 17.7 Å². The Labute approximate surface area is 123 Å². The highest BCUT2D eigenvalue weighted by molar-refractivity contribution is 5.79. The Morgan fingerprint density at radius 1 is 1.29 bits per heavy atom. The summed E-state index contributed by atoms with van der Waals surface area (Å²) in [6, 6.07) is 7.72. The number of ether oxygens (including phenoxy) is 2. The maximum atomic E-state index is 11.4. The molecule has 0 aliphatic heterocycles. The Morgan fingerprint density at radius 3 is 2.62 bits per heavy atom. The first-order chi connectivity index (χ1) is 10.1. The van der Waals surface area contributed by atoms with E-state index in [2.05, 4.69) is 10.1 Å². The number of hydrogen-bond donors (Lipinski definition) is 0. The van der Waals surface area contributed by atoms with Crippen molar-refractivity contribution in [3.05, 3.63) is 24.3 Å². The highest BCUT2D eigenvalue weighted by atomic mass is 16.5. The molecule has 0 unspecified atom stereocenters. The van der Waals surface area contributed by atoms with Crippen molar-refractivity contribution in [1.82, 2.24) is 14.8 Å². The lowest BCUT2D eigenvalue weighted by Crippen LogP contribution is -2.11. The molecule has 0 aliphatic rings. The van der Waals surface area contributed by atoms with Crippen molar-refractivity contribution >= 4 is 5.78 Å². The van der Waals surface area contributed by atoms with Crippen molar-refractivity contribution in [1.29, 1.82) is 0 Å². The zero-order chi connectivity index (χ0) is 15.2. The minimum absolute atomic E-state index is 0.0138. The van der Waals surface area contributed by atoms with E-state index in [1.165, 1.54) is 0 Å². The topological polar surface area (TPSA) is 66.2 Å². The van der Waals surface area contributed by atoms with Gasteiger partial charge in [-0.2, -0.15) is 4.98 Å². The van der Waals surface area contributed by atoms with E-state index in [1.54, 1.807) is 18.8 Å². The molecule has 2 aromatic rings. The van der Waals surface area contributed by atoms with E-state index in [-0.39, 0.29) is 18.4 Å². The van der Waals surface area contributed by atoms with Crippen LogP contribution in [0.5, 0.6) is 11.8 Å². The summed E-state index contributed by atoms with van der Waals surface area (Å²) in [7, 11) is 3.41. The first-order valence-corrected chi connectivity index (χ1v) is 6.84. The fourth-order valence-electron chi connectivity index (χ4n) is 1.91. The SMILES string of the molecule is CCCC(=O)COc1nc(-c2ccc(OC)cc2)n(C)n1. The van der Waals surface area contributed by atoms with E-state index in [9.17, 15) is 4.79 Å². The van der Waals surface area contributed by atoms with Gasteiger partial charge >= 0.3 is 6.01 Å². The average Bonchev–Trinajstić information content (AvgIpc) is 2.87. The number of Topliss-reactive ketones (excluding diaryl/α,β-unsaturated/α-hetero) is 1. The second-order valence-corrected chi connectivity index (χ2v) is 4.65. The lowest BCUT2D eigenvalue weighted by molar-refractivity contribution is -0.121. The van der Waals surface area contributed by atoms with Crippen LogP contribution in [0.1, 0.15) is 19.8 Å². The van der Waals surface area contributed by atoms with Crippen molar-refractivity contribution in [2.24, 2.45) is 7.05 Å². The summed E-state index contributed by atoms with van der Waals surface area (Å²) in [4.78, 5) is 15.8. The first kappa shape index (κ1) is 15.0. The van der Waals surface area contributed by atoms with Gasteiger partial charge in [0.05, 0.1) is 7.11 Å². The molecule has 1 heterocycles. The van der Waals surface area contributed by atoms with Gasteiger partial charge < -0.3 is 9.47 Å². The molecule has 0 atom stereocenters. The number of benzene rings is 1. The average molecular weight is 289 g/mol. The van der Waals surface area contributed by atoms with E-state index in [1.807, 2.05) is 31.2 Å². The van der Waals surface area contributed by atoms with Gasteiger partial charge in [0.1, 0.15) is 12.4 Å². The van der Waals surface area contributed by atoms with Gasteiger partial charge in [0.25, 0.3) is 0 Å². The zero-order valence-electron chi connectivity index (χ0n) is 12.5. The molecule has 0 radical (unpaired) electrons. The third-order valence-corrected chi connectivity index (χ3v) is 2.98. The van der Waals surface area contributed by atoms with Gasteiger partial charge in [-0.15, -0.1) is 5.10 Å². The largest absolute Gasteiger partial charge is 0.497 e. The highest BCUT2D eigenvalue weighted by Gasteiger charge is 2.11. The lowest BCUT2D eigenvalue weighted by Gasteiger charge is -2.01. The van der Waals surface area contributed by atoms with Crippen molar-refractivity contribution in [3.8, 4) is 23.1 Å². The molecule has 1 aromatic heterocycles. The molecule has 6 heteroatoms. The Kier molecular flexibility index (Phi) is 4.92. The van der Waals surface area contributed by atoms with Gasteiger partial charge in [0.15, 0.2) is 11.6 Å². The Hall–Kier alpha value is -2.37. The van der Waals surface area contributed by atoms with Crippen LogP contribution in [0, 0.1) is 0 Å². The van der Waals surface area contributed by atoms with Gasteiger partial charge in [-0.25, -0.2) is 4.68 Å². The standard InChI is InChI=1S/C15H19N3O3/c1-4-5-12(19)10-21-15-16-14(18(2)17-15)11-6-8-13(20-3)9-7-11/h6-9H,4-5,10H2,1-3H3. The smallest absolute Gasteiger partial charge is 0.336 e. The van der Waals surface area contributed by atoms with E-state index in [4.69, 9.17) is 9.47 Å². The summed E-state index contributed by atoms with van der Waals surface area (Å²) in [6.45, 7) is 1.97. The van der Waals surface area contributed by atoms with Gasteiger partial charge in [-0.05, 0) is 30.7 Å². The lowest BCUT2D eigenvalue weighted by atomic mass is 10.2. The number of carbonyl (C=O) groups is 1. The third-order valence-electron chi connectivity index (χ3n) is 2.98. The summed E-state index contributed by atoms with van der Waals surface area (Å²) in [5, 5.41) is 4.16. The maximum Gasteiger partial charge on any atom is 0.336 e. The number of carbonyl (C=O) groups excluding carboxylic acids is 1. The number of ketones is 1. The Balaban J connectivity index is 2.09. The molecule has 112 valence electrons. The minimum atomic E-state index is 0.0138. The predicted octanol–water partition coefficient (Wildman–Crippen LogP) is 2.24. The third kappa shape index (κ3) is 3.81. The minimum Gasteiger partial charge on any atom is -0.497 e. The second kappa shape index (κ2) is 6.88. The number of aromatic nitrogens is 3. The van der Waals surface area contributed by atoms with Crippen molar-refractivity contribution < 1.29 is 14.3 Å². The monoisotopic (exact) mass is 289 g/mol. The summed E-state index contributed by atoms with van der Waals surface area (Å²) in [6.07, 6.45) is 1.33. The molecule has 6 nitrogen and oxygen atoms in total. The van der Waals surface area contributed by atoms with Crippen LogP contribution >= 0.6 is 0 Å².